The van der Waals surface area contributed by atoms with Gasteiger partial charge in [0.05, 0.1) is 0 Å². The summed E-state index contributed by atoms with van der Waals surface area (Å²) in [4.78, 5) is 11.5. The van der Waals surface area contributed by atoms with Crippen LogP contribution in [0.3, 0.4) is 0 Å². The van der Waals surface area contributed by atoms with Gasteiger partial charge in [-0.15, -0.1) is 0 Å². The van der Waals surface area contributed by atoms with E-state index < -0.39 is 0 Å². The number of nitrogens with one attached hydrogen (secondary N) is 1. The fraction of sp³-hybridized carbons (Fsp3) is 0.500. The van der Waals surface area contributed by atoms with Gasteiger partial charge in [-0.05, 0) is 6.42 Å². The zero-order valence-electron chi connectivity index (χ0n) is 5.91. The molecular formula is C6H10N4. The average molecular weight is 138 g/mol. The summed E-state index contributed by atoms with van der Waals surface area (Å²) in [6, 6.07) is 0. The first kappa shape index (κ1) is 6.92. The van der Waals surface area contributed by atoms with E-state index in [2.05, 4.69) is 27.2 Å². The molecule has 4 nitrogen and oxygen atoms in total. The molecule has 0 aliphatic heterocycles. The molecular weight excluding hydrogens is 128 g/mol. The van der Waals surface area contributed by atoms with Crippen LogP contribution >= 0.6 is 0 Å². The molecule has 0 unspecified atom stereocenters. The number of nitrogens with zero attached hydrogens (tertiary/aromatic N) is 3. The van der Waals surface area contributed by atoms with Crippen molar-refractivity contribution in [2.75, 3.05) is 11.9 Å². The third-order valence-electron chi connectivity index (χ3n) is 1.03. The van der Waals surface area contributed by atoms with Crippen molar-refractivity contribution < 1.29 is 0 Å². The Bertz CT molecular complexity index is 174. The van der Waals surface area contributed by atoms with Crippen molar-refractivity contribution in [1.82, 2.24) is 15.0 Å². The van der Waals surface area contributed by atoms with Gasteiger partial charge >= 0.3 is 0 Å². The molecule has 0 radical (unpaired) electrons. The lowest BCUT2D eigenvalue weighted by Gasteiger charge is -1.98. The SMILES string of the molecule is CCCNc1ncncn1. The predicted octanol–water partition coefficient (Wildman–Crippen LogP) is 0.693. The standard InChI is InChI=1S/C6H10N4/c1-2-3-8-6-9-4-7-5-10-6/h4-5H,2-3H2,1H3,(H,7,8,9,10). The molecule has 54 valence electrons. The lowest BCUT2D eigenvalue weighted by Crippen LogP contribution is -2.03. The van der Waals surface area contributed by atoms with Gasteiger partial charge in [-0.3, -0.25) is 0 Å². The summed E-state index contributed by atoms with van der Waals surface area (Å²) in [7, 11) is 0. The van der Waals surface area contributed by atoms with E-state index in [1.54, 1.807) is 0 Å². The maximum atomic E-state index is 3.88. The van der Waals surface area contributed by atoms with Crippen LogP contribution < -0.4 is 5.32 Å². The molecule has 4 heteroatoms. The molecule has 1 rings (SSSR count). The molecule has 0 spiro atoms. The van der Waals surface area contributed by atoms with Crippen LogP contribution in [0.5, 0.6) is 0 Å². The second-order valence-corrected chi connectivity index (χ2v) is 1.89. The van der Waals surface area contributed by atoms with E-state index in [1.165, 1.54) is 12.7 Å². The molecule has 0 aromatic carbocycles. The van der Waals surface area contributed by atoms with Crippen molar-refractivity contribution in [2.24, 2.45) is 0 Å². The van der Waals surface area contributed by atoms with E-state index in [1.807, 2.05) is 0 Å². The summed E-state index contributed by atoms with van der Waals surface area (Å²) in [5.74, 6) is 0.650. The van der Waals surface area contributed by atoms with Crippen molar-refractivity contribution >= 4 is 5.95 Å². The Kier molecular flexibility index (Phi) is 2.61. The first-order chi connectivity index (χ1) is 4.93. The molecule has 1 heterocycles. The Hall–Kier alpha value is -1.19. The second kappa shape index (κ2) is 3.76. The van der Waals surface area contributed by atoms with Crippen LogP contribution in [0.1, 0.15) is 13.3 Å². The molecule has 1 N–H and O–H groups in total. The highest BCUT2D eigenvalue weighted by atomic mass is 15.1. The van der Waals surface area contributed by atoms with Crippen LogP contribution in [0.2, 0.25) is 0 Å². The summed E-state index contributed by atoms with van der Waals surface area (Å²) < 4.78 is 0. The largest absolute Gasteiger partial charge is 0.354 e. The van der Waals surface area contributed by atoms with Gasteiger partial charge < -0.3 is 5.32 Å². The minimum Gasteiger partial charge on any atom is -0.354 e. The molecule has 0 fully saturated rings. The summed E-state index contributed by atoms with van der Waals surface area (Å²) in [5, 5.41) is 3.03. The van der Waals surface area contributed by atoms with E-state index >= 15 is 0 Å². The van der Waals surface area contributed by atoms with Gasteiger partial charge in [-0.2, -0.15) is 0 Å². The van der Waals surface area contributed by atoms with Gasteiger partial charge in [0.1, 0.15) is 12.7 Å². The zero-order chi connectivity index (χ0) is 7.23. The molecule has 0 amide bonds. The predicted molar refractivity (Wildman–Crippen MR) is 38.6 cm³/mol. The van der Waals surface area contributed by atoms with E-state index in [0.29, 0.717) is 5.95 Å². The maximum absolute atomic E-state index is 3.88. The first-order valence-corrected chi connectivity index (χ1v) is 3.29. The Balaban J connectivity index is 2.43. The van der Waals surface area contributed by atoms with Crippen LogP contribution in [0.25, 0.3) is 0 Å². The second-order valence-electron chi connectivity index (χ2n) is 1.89. The van der Waals surface area contributed by atoms with E-state index in [9.17, 15) is 0 Å². The summed E-state index contributed by atoms with van der Waals surface area (Å²) >= 11 is 0. The van der Waals surface area contributed by atoms with Gasteiger partial charge in [0, 0.05) is 6.54 Å². The first-order valence-electron chi connectivity index (χ1n) is 3.29. The number of rotatable bonds is 3. The minimum atomic E-state index is 0.650. The minimum absolute atomic E-state index is 0.650. The lowest BCUT2D eigenvalue weighted by molar-refractivity contribution is 0.938. The fourth-order valence-corrected chi connectivity index (χ4v) is 0.567. The summed E-state index contributed by atoms with van der Waals surface area (Å²) in [6.45, 7) is 3.00. The fourth-order valence-electron chi connectivity index (χ4n) is 0.567. The number of anilines is 1. The van der Waals surface area contributed by atoms with Crippen molar-refractivity contribution in [3.8, 4) is 0 Å². The average Bonchev–Trinajstić information content (AvgIpc) is 2.03. The molecule has 1 aromatic rings. The van der Waals surface area contributed by atoms with E-state index in [-0.39, 0.29) is 0 Å². The van der Waals surface area contributed by atoms with Gasteiger partial charge in [0.15, 0.2) is 0 Å². The number of hydrogen-bond acceptors (Lipinski definition) is 4. The molecule has 1 aromatic heterocycles. The summed E-state index contributed by atoms with van der Waals surface area (Å²) in [5.41, 5.74) is 0. The van der Waals surface area contributed by atoms with Crippen LogP contribution in [0, 0.1) is 0 Å². The van der Waals surface area contributed by atoms with Crippen LogP contribution in [0.4, 0.5) is 5.95 Å². The molecule has 0 saturated carbocycles. The molecule has 10 heavy (non-hydrogen) atoms. The highest BCUT2D eigenvalue weighted by molar-refractivity contribution is 5.19. The number of aromatic nitrogens is 3. The van der Waals surface area contributed by atoms with Crippen LogP contribution in [-0.2, 0) is 0 Å². The quantitative estimate of drug-likeness (QED) is 0.667. The number of hydrogen-bond donors (Lipinski definition) is 1. The molecule has 0 bridgehead atoms. The maximum Gasteiger partial charge on any atom is 0.225 e. The monoisotopic (exact) mass is 138 g/mol. The van der Waals surface area contributed by atoms with Gasteiger partial charge in [0.2, 0.25) is 5.95 Å². The Labute approximate surface area is 59.7 Å². The molecule has 0 aliphatic rings. The highest BCUT2D eigenvalue weighted by Gasteiger charge is 1.88. The summed E-state index contributed by atoms with van der Waals surface area (Å²) in [6.07, 6.45) is 4.03. The van der Waals surface area contributed by atoms with Gasteiger partial charge in [-0.25, -0.2) is 15.0 Å². The smallest absolute Gasteiger partial charge is 0.225 e. The molecule has 0 aliphatic carbocycles. The van der Waals surface area contributed by atoms with Crippen LogP contribution in [0.15, 0.2) is 12.7 Å². The van der Waals surface area contributed by atoms with E-state index in [4.69, 9.17) is 0 Å². The zero-order valence-corrected chi connectivity index (χ0v) is 5.91. The normalized spacial score (nSPS) is 9.30. The highest BCUT2D eigenvalue weighted by Crippen LogP contribution is 1.90. The third kappa shape index (κ3) is 1.97. The topological polar surface area (TPSA) is 50.7 Å². The Morgan fingerprint density at radius 2 is 2.10 bits per heavy atom. The van der Waals surface area contributed by atoms with Gasteiger partial charge in [-0.1, -0.05) is 6.92 Å². The lowest BCUT2D eigenvalue weighted by atomic mass is 10.5. The van der Waals surface area contributed by atoms with Crippen molar-refractivity contribution in [3.63, 3.8) is 0 Å². The van der Waals surface area contributed by atoms with Crippen molar-refractivity contribution in [2.45, 2.75) is 13.3 Å². The van der Waals surface area contributed by atoms with Crippen molar-refractivity contribution in [1.29, 1.82) is 0 Å². The van der Waals surface area contributed by atoms with E-state index in [0.717, 1.165) is 13.0 Å². The molecule has 0 saturated heterocycles. The Morgan fingerprint density at radius 1 is 1.40 bits per heavy atom. The van der Waals surface area contributed by atoms with Crippen molar-refractivity contribution in [3.05, 3.63) is 12.7 Å². The molecule has 0 atom stereocenters. The Morgan fingerprint density at radius 3 is 2.70 bits per heavy atom. The van der Waals surface area contributed by atoms with Gasteiger partial charge in [0.25, 0.3) is 0 Å². The van der Waals surface area contributed by atoms with Crippen LogP contribution in [-0.4, -0.2) is 21.5 Å². The third-order valence-corrected chi connectivity index (χ3v) is 1.03.